The highest BCUT2D eigenvalue weighted by molar-refractivity contribution is 5.91. The Hall–Kier alpha value is -3.94. The van der Waals surface area contributed by atoms with E-state index < -0.39 is 5.97 Å². The molecular weight excluding hydrogens is 494 g/mol. The van der Waals surface area contributed by atoms with Crippen LogP contribution in [-0.4, -0.2) is 28.3 Å². The molecular formula is C32H33NO6. The zero-order valence-corrected chi connectivity index (χ0v) is 22.3. The van der Waals surface area contributed by atoms with E-state index in [1.54, 1.807) is 0 Å². The van der Waals surface area contributed by atoms with Gasteiger partial charge in [-0.25, -0.2) is 9.78 Å². The molecule has 0 bridgehead atoms. The lowest BCUT2D eigenvalue weighted by atomic mass is 9.94. The van der Waals surface area contributed by atoms with Gasteiger partial charge in [-0.15, -0.1) is 0 Å². The first-order valence-electron chi connectivity index (χ1n) is 13.3. The number of nitrogens with zero attached hydrogens (tertiary/aromatic N) is 1. The predicted molar refractivity (Wildman–Crippen MR) is 147 cm³/mol. The summed E-state index contributed by atoms with van der Waals surface area (Å²) in [5.41, 5.74) is 3.43. The number of rotatable bonds is 10. The zero-order valence-electron chi connectivity index (χ0n) is 22.3. The highest BCUT2D eigenvalue weighted by Gasteiger charge is 2.25. The van der Waals surface area contributed by atoms with E-state index in [0.29, 0.717) is 23.6 Å². The van der Waals surface area contributed by atoms with Crippen LogP contribution in [0.25, 0.3) is 11.5 Å². The van der Waals surface area contributed by atoms with E-state index in [1.807, 2.05) is 86.6 Å². The van der Waals surface area contributed by atoms with E-state index in [1.165, 1.54) is 0 Å². The van der Waals surface area contributed by atoms with Crippen molar-refractivity contribution in [2.45, 2.75) is 65.0 Å². The number of aromatic nitrogens is 1. The van der Waals surface area contributed by atoms with E-state index >= 15 is 0 Å². The smallest absolute Gasteiger partial charge is 0.336 e. The maximum Gasteiger partial charge on any atom is 0.336 e. The minimum absolute atomic E-state index is 0.0245. The molecule has 39 heavy (non-hydrogen) atoms. The second-order valence-electron chi connectivity index (χ2n) is 9.91. The molecule has 4 aromatic rings. The van der Waals surface area contributed by atoms with Crippen LogP contribution >= 0.6 is 0 Å². The maximum atomic E-state index is 11.7. The Morgan fingerprint density at radius 3 is 2.31 bits per heavy atom. The van der Waals surface area contributed by atoms with Gasteiger partial charge in [-0.05, 0) is 87.1 Å². The third-order valence-corrected chi connectivity index (χ3v) is 7.05. The van der Waals surface area contributed by atoms with Crippen molar-refractivity contribution >= 4 is 5.97 Å². The quantitative estimate of drug-likeness (QED) is 0.228. The SMILES string of the molecule is Cc1cccc(COC2CCCC(OCc3nc(-c4ccc(Oc5ccccc5)cc4)oc3C)C2)c1C(=O)O. The Bertz CT molecular complexity index is 1400. The summed E-state index contributed by atoms with van der Waals surface area (Å²) in [6, 6.07) is 22.8. The molecule has 0 amide bonds. The van der Waals surface area contributed by atoms with Crippen molar-refractivity contribution < 1.29 is 28.5 Å². The molecule has 1 aliphatic carbocycles. The molecule has 2 atom stereocenters. The summed E-state index contributed by atoms with van der Waals surface area (Å²) < 4.78 is 24.2. The molecule has 1 aromatic heterocycles. The molecule has 3 aromatic carbocycles. The Morgan fingerprint density at radius 2 is 1.59 bits per heavy atom. The molecule has 1 heterocycles. The van der Waals surface area contributed by atoms with Crippen LogP contribution in [0.5, 0.6) is 11.5 Å². The van der Waals surface area contributed by atoms with Gasteiger partial charge in [0.2, 0.25) is 5.89 Å². The number of oxazole rings is 1. The van der Waals surface area contributed by atoms with Gasteiger partial charge in [0.1, 0.15) is 23.0 Å². The van der Waals surface area contributed by atoms with Crippen LogP contribution in [0.15, 0.2) is 77.2 Å². The molecule has 7 heteroatoms. The van der Waals surface area contributed by atoms with Crippen molar-refractivity contribution in [2.75, 3.05) is 0 Å². The summed E-state index contributed by atoms with van der Waals surface area (Å²) in [5, 5.41) is 9.57. The van der Waals surface area contributed by atoms with Crippen molar-refractivity contribution in [3.63, 3.8) is 0 Å². The van der Waals surface area contributed by atoms with Crippen LogP contribution in [0.3, 0.4) is 0 Å². The van der Waals surface area contributed by atoms with Gasteiger partial charge in [0.15, 0.2) is 0 Å². The number of hydrogen-bond donors (Lipinski definition) is 1. The van der Waals surface area contributed by atoms with Gasteiger partial charge < -0.3 is 23.7 Å². The summed E-state index contributed by atoms with van der Waals surface area (Å²) in [4.78, 5) is 16.4. The van der Waals surface area contributed by atoms with E-state index in [9.17, 15) is 9.90 Å². The average Bonchev–Trinajstić information content (AvgIpc) is 3.32. The number of benzene rings is 3. The van der Waals surface area contributed by atoms with E-state index in [0.717, 1.165) is 59.8 Å². The molecule has 5 rings (SSSR count). The van der Waals surface area contributed by atoms with Crippen molar-refractivity contribution in [1.82, 2.24) is 4.98 Å². The first-order chi connectivity index (χ1) is 19.0. The van der Waals surface area contributed by atoms with Gasteiger partial charge >= 0.3 is 5.97 Å². The van der Waals surface area contributed by atoms with Crippen molar-refractivity contribution in [2.24, 2.45) is 0 Å². The Balaban J connectivity index is 1.15. The molecule has 2 unspecified atom stereocenters. The number of carbonyl (C=O) groups is 1. The molecule has 0 saturated heterocycles. The zero-order chi connectivity index (χ0) is 27.2. The van der Waals surface area contributed by atoms with Crippen molar-refractivity contribution in [3.05, 3.63) is 101 Å². The molecule has 1 saturated carbocycles. The van der Waals surface area contributed by atoms with Crippen LogP contribution in [-0.2, 0) is 22.7 Å². The van der Waals surface area contributed by atoms with E-state index in [4.69, 9.17) is 18.6 Å². The molecule has 202 valence electrons. The molecule has 0 radical (unpaired) electrons. The van der Waals surface area contributed by atoms with Crippen molar-refractivity contribution in [3.8, 4) is 23.0 Å². The lowest BCUT2D eigenvalue weighted by molar-refractivity contribution is -0.0564. The third-order valence-electron chi connectivity index (χ3n) is 7.05. The number of ether oxygens (including phenoxy) is 3. The van der Waals surface area contributed by atoms with Gasteiger partial charge in [-0.3, -0.25) is 0 Å². The summed E-state index contributed by atoms with van der Waals surface area (Å²) in [7, 11) is 0. The molecule has 7 nitrogen and oxygen atoms in total. The van der Waals surface area contributed by atoms with E-state index in [2.05, 4.69) is 4.98 Å². The number of carboxylic acids is 1. The van der Waals surface area contributed by atoms with Gasteiger partial charge in [-0.2, -0.15) is 0 Å². The fourth-order valence-electron chi connectivity index (χ4n) is 4.94. The summed E-state index contributed by atoms with van der Waals surface area (Å²) in [6.07, 6.45) is 3.73. The fourth-order valence-corrected chi connectivity index (χ4v) is 4.94. The number of carboxylic acid groups (broad SMARTS) is 1. The van der Waals surface area contributed by atoms with Gasteiger partial charge in [0.05, 0.1) is 31.0 Å². The molecule has 0 aliphatic heterocycles. The summed E-state index contributed by atoms with van der Waals surface area (Å²) in [5.74, 6) is 1.89. The monoisotopic (exact) mass is 527 g/mol. The molecule has 1 fully saturated rings. The summed E-state index contributed by atoms with van der Waals surface area (Å²) in [6.45, 7) is 4.35. The Kier molecular flexibility index (Phi) is 8.39. The van der Waals surface area contributed by atoms with Crippen LogP contribution in [0.2, 0.25) is 0 Å². The fraction of sp³-hybridized carbons (Fsp3) is 0.312. The highest BCUT2D eigenvalue weighted by Crippen LogP contribution is 2.29. The number of aryl methyl sites for hydroxylation is 2. The van der Waals surface area contributed by atoms with Gasteiger partial charge in [-0.1, -0.05) is 36.4 Å². The largest absolute Gasteiger partial charge is 0.478 e. The summed E-state index contributed by atoms with van der Waals surface area (Å²) >= 11 is 0. The first-order valence-corrected chi connectivity index (χ1v) is 13.3. The molecule has 0 spiro atoms. The first kappa shape index (κ1) is 26.7. The minimum atomic E-state index is -0.921. The molecule has 1 N–H and O–H groups in total. The van der Waals surface area contributed by atoms with Crippen molar-refractivity contribution in [1.29, 1.82) is 0 Å². The van der Waals surface area contributed by atoms with Gasteiger partial charge in [0.25, 0.3) is 0 Å². The second-order valence-corrected chi connectivity index (χ2v) is 9.91. The van der Waals surface area contributed by atoms with Crippen LogP contribution < -0.4 is 4.74 Å². The molecule has 1 aliphatic rings. The number of aromatic carboxylic acids is 1. The normalized spacial score (nSPS) is 17.2. The average molecular weight is 528 g/mol. The Labute approximate surface area is 228 Å². The lowest BCUT2D eigenvalue weighted by Crippen LogP contribution is -2.28. The van der Waals surface area contributed by atoms with Crippen LogP contribution in [0.4, 0.5) is 0 Å². The third kappa shape index (κ3) is 6.74. The highest BCUT2D eigenvalue weighted by atomic mass is 16.5. The van der Waals surface area contributed by atoms with Crippen LogP contribution in [0, 0.1) is 13.8 Å². The number of hydrogen-bond acceptors (Lipinski definition) is 6. The topological polar surface area (TPSA) is 91.0 Å². The lowest BCUT2D eigenvalue weighted by Gasteiger charge is -2.29. The standard InChI is InChI=1S/C32H33NO6/c1-21-8-6-9-24(30(21)32(34)35)19-36-27-12-7-13-28(18-27)37-20-29-22(2)38-31(33-29)23-14-16-26(17-15-23)39-25-10-4-3-5-11-25/h3-6,8-11,14-17,27-28H,7,12-13,18-20H2,1-2H3,(H,34,35). The van der Waals surface area contributed by atoms with Crippen LogP contribution in [0.1, 0.15) is 58.6 Å². The second kappa shape index (κ2) is 12.3. The minimum Gasteiger partial charge on any atom is -0.478 e. The number of para-hydroxylation sites is 1. The van der Waals surface area contributed by atoms with E-state index in [-0.39, 0.29) is 18.8 Å². The predicted octanol–water partition coefficient (Wildman–Crippen LogP) is 7.49. The van der Waals surface area contributed by atoms with Gasteiger partial charge in [0, 0.05) is 5.56 Å². The Morgan fingerprint density at radius 1 is 0.897 bits per heavy atom. The maximum absolute atomic E-state index is 11.7.